The molecule has 0 aromatic rings. The molecule has 0 radical (unpaired) electrons. The van der Waals surface area contributed by atoms with Crippen molar-refractivity contribution in [3.8, 4) is 0 Å². The standard InChI is InChI=1S/H3N.Na.5O.2V.H/h1H3;;;;;;;;;. The third kappa shape index (κ3) is 17.6. The molecule has 9 heavy (non-hydrogen) atoms. The van der Waals surface area contributed by atoms with Gasteiger partial charge in [-0.25, -0.2) is 0 Å². The van der Waals surface area contributed by atoms with Gasteiger partial charge >= 0.3 is 77.6 Å². The Kier molecular flexibility index (Phi) is 17.2. The van der Waals surface area contributed by atoms with Gasteiger partial charge in [-0.1, -0.05) is 0 Å². The van der Waals surface area contributed by atoms with Crippen LogP contribution in [0.2, 0.25) is 0 Å². The molecule has 0 saturated heterocycles. The normalized spacial score (nSPS) is 6.22. The average Bonchev–Trinajstić information content (AvgIpc) is 1.27. The number of hydrogen-bond acceptors (Lipinski definition) is 6. The van der Waals surface area contributed by atoms with Gasteiger partial charge in [0.05, 0.1) is 0 Å². The van der Waals surface area contributed by atoms with Crippen molar-refractivity contribution >= 4 is 29.6 Å². The van der Waals surface area contributed by atoms with Crippen LogP contribution in [0, 0.1) is 0 Å². The monoisotopic (exact) mass is 223 g/mol. The maximum absolute atomic E-state index is 9.34. The molecule has 0 fully saturated rings. The van der Waals surface area contributed by atoms with Gasteiger partial charge < -0.3 is 6.15 Å². The van der Waals surface area contributed by atoms with Gasteiger partial charge in [0, 0.05) is 0 Å². The molecule has 0 spiro atoms. The van der Waals surface area contributed by atoms with E-state index in [1.807, 2.05) is 0 Å². The first kappa shape index (κ1) is 16.7. The predicted molar refractivity (Wildman–Crippen MR) is 16.0 cm³/mol. The molecule has 0 aromatic carbocycles. The van der Waals surface area contributed by atoms with E-state index in [1.165, 1.54) is 0 Å². The maximum atomic E-state index is 9.34. The molecule has 0 aliphatic rings. The van der Waals surface area contributed by atoms with Gasteiger partial charge in [0.15, 0.2) is 0 Å². The summed E-state index contributed by atoms with van der Waals surface area (Å²) in [6.07, 6.45) is 0. The predicted octanol–water partition coefficient (Wildman–Crippen LogP) is -1.04. The Morgan fingerprint density at radius 3 is 1.11 bits per heavy atom. The van der Waals surface area contributed by atoms with Gasteiger partial charge in [-0.15, -0.1) is 0 Å². The van der Waals surface area contributed by atoms with Crippen molar-refractivity contribution in [2.24, 2.45) is 0 Å². The molecule has 0 aliphatic heterocycles. The van der Waals surface area contributed by atoms with Gasteiger partial charge in [-0.05, 0) is 0 Å². The summed E-state index contributed by atoms with van der Waals surface area (Å²) >= 11 is -7.69. The molecule has 0 saturated carbocycles. The van der Waals surface area contributed by atoms with Crippen LogP contribution in [0.5, 0.6) is 0 Å². The van der Waals surface area contributed by atoms with Crippen molar-refractivity contribution in [1.29, 1.82) is 0 Å². The SMILES string of the molecule is N.[NaH].[O]=[V](=[O])[O][V](=[O])=[O]. The first-order chi connectivity index (χ1) is 3.13. The van der Waals surface area contributed by atoms with E-state index in [0.717, 1.165) is 0 Å². The van der Waals surface area contributed by atoms with Gasteiger partial charge in [0.1, 0.15) is 0 Å². The second-order valence-corrected chi connectivity index (χ2v) is 3.23. The Morgan fingerprint density at radius 2 is 1.11 bits per heavy atom. The van der Waals surface area contributed by atoms with E-state index >= 15 is 0 Å². The summed E-state index contributed by atoms with van der Waals surface area (Å²) in [6.45, 7) is 0. The molecule has 50 valence electrons. The Hall–Kier alpha value is 1.29. The van der Waals surface area contributed by atoms with E-state index in [9.17, 15) is 14.7 Å². The van der Waals surface area contributed by atoms with Crippen LogP contribution in [-0.2, 0) is 48.1 Å². The second-order valence-electron chi connectivity index (χ2n) is 0.529. The minimum atomic E-state index is -3.84. The number of rotatable bonds is 2. The Labute approximate surface area is 82.9 Å². The van der Waals surface area contributed by atoms with Crippen molar-refractivity contribution < 1.29 is 48.1 Å². The van der Waals surface area contributed by atoms with Crippen molar-refractivity contribution in [2.45, 2.75) is 0 Å². The van der Waals surface area contributed by atoms with Crippen LogP contribution in [0.15, 0.2) is 0 Å². The van der Waals surface area contributed by atoms with Crippen LogP contribution >= 0.6 is 0 Å². The molecule has 0 unspecified atom stereocenters. The third-order valence-electron chi connectivity index (χ3n) is 0.133. The summed E-state index contributed by atoms with van der Waals surface area (Å²) in [6, 6.07) is 0. The molecule has 9 heteroatoms. The summed E-state index contributed by atoms with van der Waals surface area (Å²) in [4.78, 5) is 0. The van der Waals surface area contributed by atoms with Gasteiger partial charge in [0.25, 0.3) is 0 Å². The average molecular weight is 223 g/mol. The summed E-state index contributed by atoms with van der Waals surface area (Å²) in [5.74, 6) is 0. The fourth-order valence-corrected chi connectivity index (χ4v) is 0.925. The van der Waals surface area contributed by atoms with Crippen molar-refractivity contribution in [2.75, 3.05) is 0 Å². The molecule has 0 amide bonds. The van der Waals surface area contributed by atoms with E-state index in [-0.39, 0.29) is 35.7 Å². The van der Waals surface area contributed by atoms with E-state index < -0.39 is 30.8 Å². The molecule has 3 N–H and O–H groups in total. The van der Waals surface area contributed by atoms with E-state index in [1.54, 1.807) is 0 Å². The molecule has 0 rings (SSSR count). The zero-order chi connectivity index (χ0) is 5.86. The zero-order valence-electron chi connectivity index (χ0n) is 3.64. The van der Waals surface area contributed by atoms with Crippen LogP contribution < -0.4 is 6.15 Å². The molecule has 0 heterocycles. The van der Waals surface area contributed by atoms with Gasteiger partial charge in [-0.3, -0.25) is 0 Å². The van der Waals surface area contributed by atoms with E-state index in [2.05, 4.69) is 2.59 Å². The zero-order valence-corrected chi connectivity index (χ0v) is 6.44. The van der Waals surface area contributed by atoms with E-state index in [0.29, 0.717) is 0 Å². The van der Waals surface area contributed by atoms with Gasteiger partial charge in [-0.2, -0.15) is 0 Å². The molecule has 6 nitrogen and oxygen atoms in total. The van der Waals surface area contributed by atoms with Crippen LogP contribution in [0.3, 0.4) is 0 Å². The van der Waals surface area contributed by atoms with Crippen molar-refractivity contribution in [1.82, 2.24) is 6.15 Å². The second kappa shape index (κ2) is 9.29. The summed E-state index contributed by atoms with van der Waals surface area (Å²) in [5, 5.41) is 0. The van der Waals surface area contributed by atoms with Crippen LogP contribution in [0.4, 0.5) is 0 Å². The summed E-state index contributed by atoms with van der Waals surface area (Å²) in [7, 11) is 0. The number of hydrogen-bond donors (Lipinski definition) is 1. The fourth-order valence-electron chi connectivity index (χ4n) is 0.0544. The van der Waals surface area contributed by atoms with Gasteiger partial charge in [0.2, 0.25) is 0 Å². The Balaban J connectivity index is -0.000000180. The first-order valence-electron chi connectivity index (χ1n) is 1.10. The minimum absolute atomic E-state index is 0. The fraction of sp³-hybridized carbons (Fsp3) is 0. The molecular formula is H4NNaO5V2. The summed E-state index contributed by atoms with van der Waals surface area (Å²) in [5.41, 5.74) is 0. The molecule has 0 atom stereocenters. The van der Waals surface area contributed by atoms with Crippen molar-refractivity contribution in [3.63, 3.8) is 0 Å². The summed E-state index contributed by atoms with van der Waals surface area (Å²) < 4.78 is 40.7. The first-order valence-corrected chi connectivity index (χ1v) is 4.52. The topological polar surface area (TPSA) is 113 Å². The Bertz CT molecular complexity index is 143. The molecular weight excluding hydrogens is 219 g/mol. The Morgan fingerprint density at radius 1 is 0.889 bits per heavy atom. The third-order valence-corrected chi connectivity index (χ3v) is 2.27. The quantitative estimate of drug-likeness (QED) is 0.598. The molecule has 0 aliphatic carbocycles. The van der Waals surface area contributed by atoms with Crippen molar-refractivity contribution in [3.05, 3.63) is 0 Å². The van der Waals surface area contributed by atoms with Crippen LogP contribution in [0.1, 0.15) is 0 Å². The molecule has 0 bridgehead atoms. The van der Waals surface area contributed by atoms with Crippen LogP contribution in [-0.4, -0.2) is 29.6 Å². The van der Waals surface area contributed by atoms with E-state index in [4.69, 9.17) is 0 Å². The molecule has 0 aromatic heterocycles. The van der Waals surface area contributed by atoms with Crippen LogP contribution in [0.25, 0.3) is 0 Å².